The summed E-state index contributed by atoms with van der Waals surface area (Å²) in [7, 11) is 0. The fourth-order valence-electron chi connectivity index (χ4n) is 5.08. The first kappa shape index (κ1) is 21.4. The van der Waals surface area contributed by atoms with Crippen LogP contribution in [-0.4, -0.2) is 11.9 Å². The van der Waals surface area contributed by atoms with Gasteiger partial charge < -0.3 is 9.47 Å². The Morgan fingerprint density at radius 1 is 0.788 bits per heavy atom. The predicted molar refractivity (Wildman–Crippen MR) is 127 cm³/mol. The molecule has 0 heterocycles. The molecular formula is C29H28O4. The lowest BCUT2D eigenvalue weighted by Crippen LogP contribution is -2.14. The van der Waals surface area contributed by atoms with Gasteiger partial charge in [0.2, 0.25) is 0 Å². The summed E-state index contributed by atoms with van der Waals surface area (Å²) in [6.45, 7) is 2.16. The molecule has 168 valence electrons. The Morgan fingerprint density at radius 3 is 1.88 bits per heavy atom. The summed E-state index contributed by atoms with van der Waals surface area (Å²) in [5, 5.41) is 0. The Labute approximate surface area is 194 Å². The van der Waals surface area contributed by atoms with Crippen LogP contribution >= 0.6 is 0 Å². The molecule has 0 spiro atoms. The predicted octanol–water partition coefficient (Wildman–Crippen LogP) is 6.83. The zero-order valence-corrected chi connectivity index (χ0v) is 18.9. The molecule has 3 aromatic carbocycles. The zero-order chi connectivity index (χ0) is 22.8. The third-order valence-electron chi connectivity index (χ3n) is 6.89. The van der Waals surface area contributed by atoms with Crippen molar-refractivity contribution < 1.29 is 19.1 Å². The van der Waals surface area contributed by atoms with Crippen LogP contribution in [0.1, 0.15) is 88.3 Å². The van der Waals surface area contributed by atoms with Crippen LogP contribution in [-0.2, 0) is 6.42 Å². The molecule has 1 saturated carbocycles. The Morgan fingerprint density at radius 2 is 1.33 bits per heavy atom. The number of carbonyl (C=O) groups is 2. The monoisotopic (exact) mass is 440 g/mol. The van der Waals surface area contributed by atoms with Crippen LogP contribution in [0.15, 0.2) is 66.7 Å². The average Bonchev–Trinajstić information content (AvgIpc) is 3.46. The fourth-order valence-corrected chi connectivity index (χ4v) is 5.08. The molecule has 5 rings (SSSR count). The maximum atomic E-state index is 12.9. The highest BCUT2D eigenvalue weighted by Gasteiger charge is 2.38. The number of hydrogen-bond donors (Lipinski definition) is 0. The molecule has 0 N–H and O–H groups in total. The highest BCUT2D eigenvalue weighted by Crippen LogP contribution is 2.55. The molecule has 33 heavy (non-hydrogen) atoms. The number of aryl methyl sites for hydroxylation is 1. The second kappa shape index (κ2) is 9.22. The van der Waals surface area contributed by atoms with Crippen molar-refractivity contribution in [1.29, 1.82) is 0 Å². The van der Waals surface area contributed by atoms with E-state index in [1.807, 2.05) is 30.3 Å². The second-order valence-corrected chi connectivity index (χ2v) is 9.08. The van der Waals surface area contributed by atoms with Gasteiger partial charge in [-0.2, -0.15) is 0 Å². The lowest BCUT2D eigenvalue weighted by Gasteiger charge is -2.19. The maximum Gasteiger partial charge on any atom is 0.343 e. The van der Waals surface area contributed by atoms with Gasteiger partial charge in [0, 0.05) is 0 Å². The summed E-state index contributed by atoms with van der Waals surface area (Å²) in [5.41, 5.74) is 4.60. The summed E-state index contributed by atoms with van der Waals surface area (Å²) in [6.07, 6.45) is 6.70. The minimum Gasteiger partial charge on any atom is -0.419 e. The fraction of sp³-hybridized carbons (Fsp3) is 0.310. The van der Waals surface area contributed by atoms with Gasteiger partial charge in [0.25, 0.3) is 0 Å². The van der Waals surface area contributed by atoms with Crippen LogP contribution in [0.25, 0.3) is 0 Å². The maximum absolute atomic E-state index is 12.9. The van der Waals surface area contributed by atoms with Crippen LogP contribution in [0, 0.1) is 0 Å². The largest absolute Gasteiger partial charge is 0.419 e. The van der Waals surface area contributed by atoms with E-state index >= 15 is 0 Å². The molecular weight excluding hydrogens is 412 g/mol. The molecule has 1 fully saturated rings. The molecule has 0 amide bonds. The van der Waals surface area contributed by atoms with E-state index in [0.717, 1.165) is 38.5 Å². The topological polar surface area (TPSA) is 52.6 Å². The van der Waals surface area contributed by atoms with Gasteiger partial charge in [-0.05, 0) is 97.0 Å². The van der Waals surface area contributed by atoms with Crippen LogP contribution in [0.2, 0.25) is 0 Å². The van der Waals surface area contributed by atoms with Crippen molar-refractivity contribution in [2.45, 2.75) is 57.3 Å². The SMILES string of the molecule is CCCCc1ccc(C(=O)Oc2cc3c(cc2OC(=O)c2ccccc2)C2CCC3C2)cc1. The highest BCUT2D eigenvalue weighted by molar-refractivity contribution is 5.93. The number of benzene rings is 3. The molecule has 2 aliphatic rings. The van der Waals surface area contributed by atoms with E-state index in [4.69, 9.17) is 9.47 Å². The number of unbranched alkanes of at least 4 members (excludes halogenated alkanes) is 1. The lowest BCUT2D eigenvalue weighted by atomic mass is 9.91. The summed E-state index contributed by atoms with van der Waals surface area (Å²) < 4.78 is 11.6. The Hall–Kier alpha value is -3.40. The van der Waals surface area contributed by atoms with E-state index in [0.29, 0.717) is 34.5 Å². The zero-order valence-electron chi connectivity index (χ0n) is 18.9. The smallest absolute Gasteiger partial charge is 0.343 e. The van der Waals surface area contributed by atoms with Crippen molar-refractivity contribution >= 4 is 11.9 Å². The van der Waals surface area contributed by atoms with E-state index in [1.165, 1.54) is 16.7 Å². The van der Waals surface area contributed by atoms with Crippen molar-refractivity contribution in [3.8, 4) is 11.5 Å². The number of esters is 2. The molecule has 4 heteroatoms. The van der Waals surface area contributed by atoms with Crippen molar-refractivity contribution in [1.82, 2.24) is 0 Å². The van der Waals surface area contributed by atoms with Crippen molar-refractivity contribution in [3.05, 3.63) is 94.5 Å². The van der Waals surface area contributed by atoms with Crippen LogP contribution < -0.4 is 9.47 Å². The lowest BCUT2D eigenvalue weighted by molar-refractivity contribution is 0.0682. The molecule has 0 aromatic heterocycles. The van der Waals surface area contributed by atoms with Crippen molar-refractivity contribution in [2.75, 3.05) is 0 Å². The molecule has 2 aliphatic carbocycles. The van der Waals surface area contributed by atoms with Gasteiger partial charge >= 0.3 is 11.9 Å². The van der Waals surface area contributed by atoms with E-state index in [1.54, 1.807) is 36.4 Å². The molecule has 2 atom stereocenters. The average molecular weight is 441 g/mol. The van der Waals surface area contributed by atoms with E-state index in [9.17, 15) is 9.59 Å². The van der Waals surface area contributed by atoms with Gasteiger partial charge in [-0.3, -0.25) is 0 Å². The molecule has 2 bridgehead atoms. The number of ether oxygens (including phenoxy) is 2. The van der Waals surface area contributed by atoms with Gasteiger partial charge in [0.15, 0.2) is 11.5 Å². The van der Waals surface area contributed by atoms with E-state index in [-0.39, 0.29) is 0 Å². The first-order chi connectivity index (χ1) is 16.1. The first-order valence-corrected chi connectivity index (χ1v) is 11.9. The number of carbonyl (C=O) groups excluding carboxylic acids is 2. The molecule has 0 aliphatic heterocycles. The van der Waals surface area contributed by atoms with Gasteiger partial charge in [0.05, 0.1) is 11.1 Å². The Kier molecular flexibility index (Phi) is 5.99. The van der Waals surface area contributed by atoms with Crippen molar-refractivity contribution in [2.24, 2.45) is 0 Å². The Balaban J connectivity index is 1.41. The van der Waals surface area contributed by atoms with Gasteiger partial charge in [0.1, 0.15) is 0 Å². The summed E-state index contributed by atoms with van der Waals surface area (Å²) in [5.74, 6) is 0.709. The van der Waals surface area contributed by atoms with Crippen molar-refractivity contribution in [3.63, 3.8) is 0 Å². The minimum absolute atomic E-state index is 0.308. The molecule has 0 radical (unpaired) electrons. The summed E-state index contributed by atoms with van der Waals surface area (Å²) in [6, 6.07) is 20.3. The third kappa shape index (κ3) is 4.43. The standard InChI is InChI=1S/C29H28O4/c1-2-3-7-19-10-12-21(13-11-19)29(31)33-27-18-25-23-15-14-22(16-23)24(25)17-26(27)32-28(30)20-8-5-4-6-9-20/h4-6,8-13,17-18,22-23H,2-3,7,14-16H2,1H3. The number of rotatable bonds is 7. The van der Waals surface area contributed by atoms with Gasteiger partial charge in [-0.25, -0.2) is 9.59 Å². The highest BCUT2D eigenvalue weighted by atomic mass is 16.6. The van der Waals surface area contributed by atoms with E-state index < -0.39 is 11.9 Å². The molecule has 2 unspecified atom stereocenters. The van der Waals surface area contributed by atoms with Crippen LogP contribution in [0.5, 0.6) is 11.5 Å². The number of hydrogen-bond acceptors (Lipinski definition) is 4. The molecule has 4 nitrogen and oxygen atoms in total. The summed E-state index contributed by atoms with van der Waals surface area (Å²) in [4.78, 5) is 25.7. The minimum atomic E-state index is -0.462. The van der Waals surface area contributed by atoms with E-state index in [2.05, 4.69) is 6.92 Å². The number of fused-ring (bicyclic) bond motifs is 5. The molecule has 0 saturated heterocycles. The second-order valence-electron chi connectivity index (χ2n) is 9.08. The van der Waals surface area contributed by atoms with Crippen LogP contribution in [0.4, 0.5) is 0 Å². The van der Waals surface area contributed by atoms with Crippen LogP contribution in [0.3, 0.4) is 0 Å². The summed E-state index contributed by atoms with van der Waals surface area (Å²) >= 11 is 0. The van der Waals surface area contributed by atoms with Gasteiger partial charge in [-0.15, -0.1) is 0 Å². The quantitative estimate of drug-likeness (QED) is 0.298. The Bertz CT molecular complexity index is 1160. The first-order valence-electron chi connectivity index (χ1n) is 11.9. The molecule has 3 aromatic rings. The van der Waals surface area contributed by atoms with Gasteiger partial charge in [-0.1, -0.05) is 43.7 Å². The normalized spacial score (nSPS) is 18.1. The third-order valence-corrected chi connectivity index (χ3v) is 6.89.